The van der Waals surface area contributed by atoms with Gasteiger partial charge in [0.05, 0.1) is 12.0 Å². The molecule has 2 aromatic rings. The molecule has 0 aliphatic carbocycles. The minimum atomic E-state index is -3.58. The lowest BCUT2D eigenvalue weighted by Gasteiger charge is -2.03. The Morgan fingerprint density at radius 2 is 1.55 bits per heavy atom. The molecule has 2 rings (SSSR count). The van der Waals surface area contributed by atoms with Gasteiger partial charge in [0, 0.05) is 11.1 Å². The molecule has 2 aromatic carbocycles. The van der Waals surface area contributed by atoms with Crippen molar-refractivity contribution in [3.05, 3.63) is 60.2 Å². The van der Waals surface area contributed by atoms with Crippen LogP contribution in [-0.2, 0) is 14.9 Å². The Bertz CT molecular complexity index is 747. The first kappa shape index (κ1) is 17.4. The van der Waals surface area contributed by atoms with Crippen LogP contribution in [-0.4, -0.2) is 15.5 Å². The van der Waals surface area contributed by atoms with Crippen LogP contribution in [0.5, 0.6) is 0 Å². The van der Waals surface area contributed by atoms with Gasteiger partial charge in [-0.05, 0) is 45.0 Å². The fourth-order valence-electron chi connectivity index (χ4n) is 2.26. The molecule has 0 saturated heterocycles. The molecule has 0 amide bonds. The molecule has 0 atom stereocenters. The van der Waals surface area contributed by atoms with E-state index in [1.165, 1.54) is 30.9 Å². The van der Waals surface area contributed by atoms with Crippen molar-refractivity contribution in [2.24, 2.45) is 0 Å². The third-order valence-electron chi connectivity index (χ3n) is 3.10. The zero-order valence-corrected chi connectivity index (χ0v) is 15.9. The molecular formula is C16H19INO3S+. The summed E-state index contributed by atoms with van der Waals surface area (Å²) in [6.07, 6.45) is 0. The van der Waals surface area contributed by atoms with Crippen molar-refractivity contribution < 1.29 is 34.5 Å². The summed E-state index contributed by atoms with van der Waals surface area (Å²) in [5.41, 5.74) is 3.89. The molecular weight excluding hydrogens is 413 g/mol. The van der Waals surface area contributed by atoms with Gasteiger partial charge in [0.25, 0.3) is 10.0 Å². The van der Waals surface area contributed by atoms with Gasteiger partial charge in [0.1, 0.15) is 0 Å². The summed E-state index contributed by atoms with van der Waals surface area (Å²) in [7, 11) is -2.30. The number of halogens is 1. The van der Waals surface area contributed by atoms with Crippen molar-refractivity contribution in [2.45, 2.75) is 25.7 Å². The van der Waals surface area contributed by atoms with Crippen molar-refractivity contribution in [1.82, 2.24) is 4.89 Å². The molecule has 4 nitrogen and oxygen atoms in total. The average molecular weight is 432 g/mol. The highest BCUT2D eigenvalue weighted by molar-refractivity contribution is 7.89. The Hall–Kier alpha value is -0.960. The van der Waals surface area contributed by atoms with Gasteiger partial charge < -0.3 is 0 Å². The third kappa shape index (κ3) is 4.07. The maximum absolute atomic E-state index is 11.8. The van der Waals surface area contributed by atoms with Crippen LogP contribution in [0, 0.1) is 27.9 Å². The Morgan fingerprint density at radius 1 is 1.00 bits per heavy atom. The molecule has 0 aliphatic heterocycles. The van der Waals surface area contributed by atoms with E-state index >= 15 is 0 Å². The second-order valence-electron chi connectivity index (χ2n) is 5.05. The van der Waals surface area contributed by atoms with E-state index in [0.29, 0.717) is 0 Å². The van der Waals surface area contributed by atoms with E-state index in [0.717, 1.165) is 0 Å². The predicted octanol–water partition coefficient (Wildman–Crippen LogP) is -0.420. The van der Waals surface area contributed by atoms with Gasteiger partial charge in [-0.3, -0.25) is 4.84 Å². The molecule has 1 N–H and O–H groups in total. The second kappa shape index (κ2) is 7.08. The van der Waals surface area contributed by atoms with Crippen molar-refractivity contribution in [3.63, 3.8) is 0 Å². The first-order valence-electron chi connectivity index (χ1n) is 6.71. The number of rotatable bonds is 5. The first-order valence-corrected chi connectivity index (χ1v) is 10.3. The van der Waals surface area contributed by atoms with Crippen LogP contribution < -0.4 is 26.1 Å². The molecule has 0 radical (unpaired) electrons. The van der Waals surface area contributed by atoms with Crippen LogP contribution in [0.1, 0.15) is 16.7 Å². The van der Waals surface area contributed by atoms with E-state index in [-0.39, 0.29) is 26.1 Å². The van der Waals surface area contributed by atoms with Crippen LogP contribution in [0.3, 0.4) is 0 Å². The summed E-state index contributed by atoms with van der Waals surface area (Å²) in [4.78, 5) is 6.72. The minimum Gasteiger partial charge on any atom is -0.290 e. The van der Waals surface area contributed by atoms with Gasteiger partial charge in [0.15, 0.2) is 7.14 Å². The smallest absolute Gasteiger partial charge is 0.290 e. The molecule has 0 aromatic heterocycles. The Balaban J connectivity index is 2.26. The fraction of sp³-hybridized carbons (Fsp3) is 0.250. The summed E-state index contributed by atoms with van der Waals surface area (Å²) in [6.45, 7) is 6.37. The van der Waals surface area contributed by atoms with Gasteiger partial charge >= 0.3 is 21.2 Å². The number of sulfonamides is 1. The standard InChI is InChI=1S/C16H19INO3S/c1-11-9-12(2)16(13(3)10-11)17-14-5-7-15(8-6-14)22(19,20)18-21-4/h5-10,18H,1-4H3/q+1. The topological polar surface area (TPSA) is 55.4 Å². The van der Waals surface area contributed by atoms with E-state index in [4.69, 9.17) is 0 Å². The molecule has 0 heterocycles. The number of hydrogen-bond donors (Lipinski definition) is 1. The average Bonchev–Trinajstić information content (AvgIpc) is 2.43. The third-order valence-corrected chi connectivity index (χ3v) is 7.96. The fourth-order valence-corrected chi connectivity index (χ4v) is 5.57. The summed E-state index contributed by atoms with van der Waals surface area (Å²) in [5.74, 6) is 0. The molecule has 118 valence electrons. The van der Waals surface area contributed by atoms with E-state index in [2.05, 4.69) is 37.7 Å². The summed E-state index contributed by atoms with van der Waals surface area (Å²) in [6, 6.07) is 11.4. The van der Waals surface area contributed by atoms with Crippen LogP contribution in [0.4, 0.5) is 0 Å². The van der Waals surface area contributed by atoms with E-state index in [9.17, 15) is 8.42 Å². The van der Waals surface area contributed by atoms with Crippen LogP contribution in [0.15, 0.2) is 41.3 Å². The highest BCUT2D eigenvalue weighted by Crippen LogP contribution is 2.09. The summed E-state index contributed by atoms with van der Waals surface area (Å²) < 4.78 is 26.2. The number of nitrogens with one attached hydrogen (secondary N) is 1. The maximum Gasteiger partial charge on any atom is 0.358 e. The molecule has 0 saturated carbocycles. The van der Waals surface area contributed by atoms with Crippen LogP contribution in [0.25, 0.3) is 0 Å². The zero-order valence-electron chi connectivity index (χ0n) is 13.0. The van der Waals surface area contributed by atoms with Gasteiger partial charge in [0.2, 0.25) is 0 Å². The highest BCUT2D eigenvalue weighted by atomic mass is 127. The first-order chi connectivity index (χ1) is 10.3. The summed E-state index contributed by atoms with van der Waals surface area (Å²) in [5, 5.41) is 0. The monoisotopic (exact) mass is 432 g/mol. The summed E-state index contributed by atoms with van der Waals surface area (Å²) >= 11 is -0.332. The van der Waals surface area contributed by atoms with Gasteiger partial charge in [-0.1, -0.05) is 22.6 Å². The predicted molar refractivity (Wildman–Crippen MR) is 81.8 cm³/mol. The highest BCUT2D eigenvalue weighted by Gasteiger charge is 2.22. The van der Waals surface area contributed by atoms with Crippen LogP contribution in [0.2, 0.25) is 0 Å². The van der Waals surface area contributed by atoms with E-state index in [1.807, 2.05) is 17.0 Å². The van der Waals surface area contributed by atoms with E-state index in [1.54, 1.807) is 12.1 Å². The molecule has 0 bridgehead atoms. The number of hydrogen-bond acceptors (Lipinski definition) is 3. The van der Waals surface area contributed by atoms with Crippen molar-refractivity contribution in [3.8, 4) is 0 Å². The second-order valence-corrected chi connectivity index (χ2v) is 9.56. The molecule has 0 aliphatic rings. The number of aryl methyl sites for hydroxylation is 3. The van der Waals surface area contributed by atoms with Gasteiger partial charge in [-0.15, -0.1) is 0 Å². The largest absolute Gasteiger partial charge is 0.358 e. The van der Waals surface area contributed by atoms with Gasteiger partial charge in [-0.2, -0.15) is 0 Å². The molecule has 0 fully saturated rings. The lowest BCUT2D eigenvalue weighted by Crippen LogP contribution is -3.62. The maximum atomic E-state index is 11.8. The molecule has 6 heteroatoms. The van der Waals surface area contributed by atoms with Crippen LogP contribution >= 0.6 is 0 Å². The SMILES string of the molecule is CONS(=O)(=O)c1ccc([I+]c2c(C)cc(C)cc2C)cc1. The van der Waals surface area contributed by atoms with E-state index < -0.39 is 10.0 Å². The lowest BCUT2D eigenvalue weighted by atomic mass is 10.1. The number of benzene rings is 2. The zero-order chi connectivity index (χ0) is 16.3. The molecule has 0 spiro atoms. The normalized spacial score (nSPS) is 11.6. The lowest BCUT2D eigenvalue weighted by molar-refractivity contribution is -0.598. The Kier molecular flexibility index (Phi) is 5.60. The van der Waals surface area contributed by atoms with Crippen molar-refractivity contribution >= 4 is 10.0 Å². The molecule has 0 unspecified atom stereocenters. The Morgan fingerprint density at radius 3 is 2.05 bits per heavy atom. The van der Waals surface area contributed by atoms with Crippen molar-refractivity contribution in [2.75, 3.05) is 7.11 Å². The van der Waals surface area contributed by atoms with Gasteiger partial charge in [-0.25, -0.2) is 8.42 Å². The minimum absolute atomic E-state index is 0.208. The Labute approximate surface area is 142 Å². The van der Waals surface area contributed by atoms with Crippen molar-refractivity contribution in [1.29, 1.82) is 0 Å². The quantitative estimate of drug-likeness (QED) is 0.516. The molecule has 22 heavy (non-hydrogen) atoms.